The Morgan fingerprint density at radius 2 is 1.90 bits per heavy atom. The minimum Gasteiger partial charge on any atom is -0.477 e. The monoisotopic (exact) mass is 499 g/mol. The lowest BCUT2D eigenvalue weighted by atomic mass is 10.0. The van der Waals surface area contributed by atoms with Gasteiger partial charge in [-0.05, 0) is 62.9 Å². The van der Waals surface area contributed by atoms with Crippen molar-refractivity contribution < 1.29 is 14.4 Å². The molecule has 2 rings (SSSR count). The number of aromatic amines is 1. The van der Waals surface area contributed by atoms with Gasteiger partial charge in [-0.15, -0.1) is 0 Å². The van der Waals surface area contributed by atoms with Crippen molar-refractivity contribution in [3.05, 3.63) is 31.0 Å². The van der Waals surface area contributed by atoms with Crippen LogP contribution in [0.4, 0.5) is 0 Å². The van der Waals surface area contributed by atoms with Crippen LogP contribution in [-0.2, 0) is 11.2 Å². The molecule has 0 bridgehead atoms. The number of nitrogens with one attached hydrogen (secondary N) is 1. The van der Waals surface area contributed by atoms with E-state index in [4.69, 9.17) is 0 Å². The second-order valence-corrected chi connectivity index (χ2v) is 8.12. The summed E-state index contributed by atoms with van der Waals surface area (Å²) in [6, 6.07) is 3.77. The van der Waals surface area contributed by atoms with E-state index in [1.807, 2.05) is 27.3 Å². The van der Waals surface area contributed by atoms with E-state index in [0.29, 0.717) is 10.9 Å². The quantitative estimate of drug-likeness (QED) is 0.503. The Bertz CT molecular complexity index is 659. The smallest absolute Gasteiger partial charge is 0.362 e. The first-order valence-corrected chi connectivity index (χ1v) is 8.35. The van der Waals surface area contributed by atoms with Crippen LogP contribution in [0, 0.1) is 7.14 Å². The van der Waals surface area contributed by atoms with Gasteiger partial charge in [0, 0.05) is 30.7 Å². The molecule has 20 heavy (non-hydrogen) atoms. The van der Waals surface area contributed by atoms with E-state index >= 15 is 0 Å². The Morgan fingerprint density at radius 3 is 2.45 bits per heavy atom. The third-order valence-corrected chi connectivity index (χ3v) is 6.26. The second kappa shape index (κ2) is 5.80. The Hall–Kier alpha value is -0.350. The average Bonchev–Trinajstić information content (AvgIpc) is 2.67. The summed E-state index contributed by atoms with van der Waals surface area (Å²) in [5.74, 6) is -0.757. The first kappa shape index (κ1) is 16.0. The van der Waals surface area contributed by atoms with Crippen LogP contribution in [0.15, 0.2) is 18.3 Å². The van der Waals surface area contributed by atoms with Crippen molar-refractivity contribution >= 4 is 62.1 Å². The molecular weight excluding hydrogens is 482 g/mol. The van der Waals surface area contributed by atoms with Crippen molar-refractivity contribution in [2.75, 3.05) is 21.1 Å². The van der Waals surface area contributed by atoms with E-state index in [-0.39, 0.29) is 0 Å². The Labute approximate surface area is 145 Å². The molecule has 6 heteroatoms. The molecule has 2 N–H and O–H groups in total. The van der Waals surface area contributed by atoms with Crippen molar-refractivity contribution in [1.82, 2.24) is 4.98 Å². The zero-order valence-corrected chi connectivity index (χ0v) is 15.9. The lowest BCUT2D eigenvalue weighted by Crippen LogP contribution is -2.51. The first-order chi connectivity index (χ1) is 9.20. The van der Waals surface area contributed by atoms with Gasteiger partial charge in [-0.1, -0.05) is 0 Å². The molecule has 1 heterocycles. The number of benzene rings is 1. The number of aromatic nitrogens is 1. The first-order valence-electron chi connectivity index (χ1n) is 6.19. The molecule has 0 aliphatic carbocycles. The number of rotatable bonds is 4. The Balaban J connectivity index is 2.43. The van der Waals surface area contributed by atoms with Crippen molar-refractivity contribution in [2.24, 2.45) is 0 Å². The number of nitrogens with zero attached hydrogens (tertiary/aromatic N) is 1. The van der Waals surface area contributed by atoms with Crippen LogP contribution >= 0.6 is 45.2 Å². The third kappa shape index (κ3) is 3.28. The Morgan fingerprint density at radius 1 is 1.30 bits per heavy atom. The lowest BCUT2D eigenvalue weighted by molar-refractivity contribution is -0.887. The van der Waals surface area contributed by atoms with Gasteiger partial charge >= 0.3 is 5.97 Å². The van der Waals surface area contributed by atoms with Gasteiger partial charge in [0.25, 0.3) is 0 Å². The molecule has 0 saturated heterocycles. The molecular formula is C14H17I2N2O2+. The fourth-order valence-electron chi connectivity index (χ4n) is 2.24. The largest absolute Gasteiger partial charge is 0.477 e. The van der Waals surface area contributed by atoms with E-state index in [9.17, 15) is 9.90 Å². The maximum atomic E-state index is 11.5. The average molecular weight is 499 g/mol. The third-order valence-electron chi connectivity index (χ3n) is 3.44. The molecule has 1 aromatic heterocycles. The molecule has 0 aliphatic heterocycles. The number of hydrogen-bond acceptors (Lipinski definition) is 1. The van der Waals surface area contributed by atoms with Crippen molar-refractivity contribution in [3.8, 4) is 0 Å². The summed E-state index contributed by atoms with van der Waals surface area (Å²) in [5, 5.41) is 10.6. The summed E-state index contributed by atoms with van der Waals surface area (Å²) in [6.45, 7) is 0. The summed E-state index contributed by atoms with van der Waals surface area (Å²) in [6.07, 6.45) is 2.46. The molecule has 1 aromatic carbocycles. The number of carboxylic acid groups (broad SMARTS) is 1. The van der Waals surface area contributed by atoms with Crippen LogP contribution in [0.5, 0.6) is 0 Å². The number of halogens is 2. The van der Waals surface area contributed by atoms with Gasteiger partial charge in [-0.3, -0.25) is 0 Å². The number of fused-ring (bicyclic) bond motifs is 1. The number of carboxylic acids is 1. The van der Waals surface area contributed by atoms with Crippen LogP contribution in [-0.4, -0.2) is 47.7 Å². The normalized spacial score (nSPS) is 13.7. The van der Waals surface area contributed by atoms with Crippen molar-refractivity contribution in [3.63, 3.8) is 0 Å². The fourth-order valence-corrected chi connectivity index (χ4v) is 3.18. The molecule has 0 amide bonds. The van der Waals surface area contributed by atoms with Crippen LogP contribution in [0.1, 0.15) is 5.56 Å². The molecule has 0 saturated carbocycles. The number of quaternary nitrogens is 1. The highest BCUT2D eigenvalue weighted by molar-refractivity contribution is 14.1. The van der Waals surface area contributed by atoms with Crippen LogP contribution in [0.3, 0.4) is 0 Å². The van der Waals surface area contributed by atoms with Gasteiger partial charge in [0.05, 0.1) is 21.1 Å². The highest BCUT2D eigenvalue weighted by Gasteiger charge is 2.32. The van der Waals surface area contributed by atoms with Crippen molar-refractivity contribution in [2.45, 2.75) is 12.5 Å². The van der Waals surface area contributed by atoms with E-state index in [0.717, 1.165) is 16.5 Å². The van der Waals surface area contributed by atoms with E-state index in [2.05, 4.69) is 62.3 Å². The summed E-state index contributed by atoms with van der Waals surface area (Å²) in [7, 11) is 5.75. The minimum atomic E-state index is -0.757. The van der Waals surface area contributed by atoms with Crippen LogP contribution in [0.25, 0.3) is 10.9 Å². The van der Waals surface area contributed by atoms with E-state index in [1.54, 1.807) is 0 Å². The molecule has 0 unspecified atom stereocenters. The van der Waals surface area contributed by atoms with Gasteiger partial charge < -0.3 is 14.6 Å². The summed E-state index contributed by atoms with van der Waals surface area (Å²) >= 11 is 4.61. The highest BCUT2D eigenvalue weighted by atomic mass is 127. The number of likely N-dealkylation sites (N-methyl/N-ethyl adjacent to an activating group) is 1. The number of hydrogen-bond donors (Lipinski definition) is 2. The van der Waals surface area contributed by atoms with Crippen molar-refractivity contribution in [1.29, 1.82) is 0 Å². The zero-order chi connectivity index (χ0) is 15.1. The van der Waals surface area contributed by atoms with E-state index < -0.39 is 12.0 Å². The maximum absolute atomic E-state index is 11.5. The zero-order valence-electron chi connectivity index (χ0n) is 11.6. The summed E-state index contributed by atoms with van der Waals surface area (Å²) in [4.78, 5) is 14.7. The van der Waals surface area contributed by atoms with Gasteiger partial charge in [0.2, 0.25) is 0 Å². The number of carbonyl (C=O) groups is 1. The fraction of sp³-hybridized carbons (Fsp3) is 0.357. The van der Waals surface area contributed by atoms with Gasteiger partial charge in [0.15, 0.2) is 6.04 Å². The second-order valence-electron chi connectivity index (χ2n) is 5.80. The molecule has 2 aromatic rings. The molecule has 0 aliphatic rings. The van der Waals surface area contributed by atoms with Gasteiger partial charge in [0.1, 0.15) is 0 Å². The lowest BCUT2D eigenvalue weighted by Gasteiger charge is -2.31. The molecule has 1 atom stereocenters. The molecule has 108 valence electrons. The maximum Gasteiger partial charge on any atom is 0.362 e. The topological polar surface area (TPSA) is 53.1 Å². The SMILES string of the molecule is C[N+](C)(C)[C@H](Cc1c[nH]c2cc(I)c(I)cc12)C(=O)O. The van der Waals surface area contributed by atoms with Crippen LogP contribution < -0.4 is 0 Å². The summed E-state index contributed by atoms with van der Waals surface area (Å²) in [5.41, 5.74) is 2.13. The molecule has 4 nitrogen and oxygen atoms in total. The number of aliphatic carboxylic acids is 1. The standard InChI is InChI=1S/C14H16I2N2O2/c1-18(2,3)13(14(19)20)4-8-7-17-12-6-11(16)10(15)5-9(8)12/h5-7,13,17H,4H2,1-3H3/p+1/t13-/m1/s1. The predicted molar refractivity (Wildman–Crippen MR) is 96.9 cm³/mol. The number of H-pyrrole nitrogens is 1. The van der Waals surface area contributed by atoms with Gasteiger partial charge in [-0.2, -0.15) is 0 Å². The molecule has 0 fully saturated rings. The predicted octanol–water partition coefficient (Wildman–Crippen LogP) is 3.08. The summed E-state index contributed by atoms with van der Waals surface area (Å²) < 4.78 is 2.79. The minimum absolute atomic E-state index is 0.406. The molecule has 0 spiro atoms. The van der Waals surface area contributed by atoms with Crippen LogP contribution in [0.2, 0.25) is 0 Å². The van der Waals surface area contributed by atoms with E-state index in [1.165, 1.54) is 7.14 Å². The highest BCUT2D eigenvalue weighted by Crippen LogP contribution is 2.27. The Kier molecular flexibility index (Phi) is 4.65. The molecule has 0 radical (unpaired) electrons. The van der Waals surface area contributed by atoms with Gasteiger partial charge in [-0.25, -0.2) is 4.79 Å².